The van der Waals surface area contributed by atoms with Gasteiger partial charge in [0.25, 0.3) is 0 Å². The van der Waals surface area contributed by atoms with Crippen LogP contribution in [0.4, 0.5) is 0 Å². The van der Waals surface area contributed by atoms with Crippen molar-refractivity contribution in [1.29, 1.82) is 0 Å². The molecule has 0 fully saturated rings. The Kier molecular flexibility index (Phi) is 12.2. The molecule has 2 nitrogen and oxygen atoms in total. The fourth-order valence-corrected chi connectivity index (χ4v) is 1.14. The molecule has 86 valence electrons. The average molecular weight is 228 g/mol. The molecule has 0 heterocycles. The predicted molar refractivity (Wildman–Crippen MR) is 67.9 cm³/mol. The topological polar surface area (TPSA) is 37.3 Å². The molecule has 1 aromatic carbocycles. The maximum Gasteiger partial charge on any atom is 0.335 e. The predicted octanol–water partition coefficient (Wildman–Crippen LogP) is 4.16. The first-order valence-electron chi connectivity index (χ1n) is 5.11. The van der Waals surface area contributed by atoms with Gasteiger partial charge in [-0.25, -0.2) is 4.79 Å². The van der Waals surface area contributed by atoms with Crippen LogP contribution < -0.4 is 0 Å². The van der Waals surface area contributed by atoms with E-state index in [9.17, 15) is 4.79 Å². The summed E-state index contributed by atoms with van der Waals surface area (Å²) in [4.78, 5) is 11.5. The highest BCUT2D eigenvalue weighted by molar-refractivity contribution is 7.98. The van der Waals surface area contributed by atoms with Crippen LogP contribution in [0.15, 0.2) is 29.2 Å². The lowest BCUT2D eigenvalue weighted by atomic mass is 10.2. The van der Waals surface area contributed by atoms with E-state index in [1.807, 2.05) is 34.0 Å². The molecular weight excluding hydrogens is 208 g/mol. The zero-order valence-corrected chi connectivity index (χ0v) is 10.9. The first-order chi connectivity index (χ1) is 7.24. The Balaban J connectivity index is 0. The van der Waals surface area contributed by atoms with Crippen molar-refractivity contribution in [1.82, 2.24) is 0 Å². The quantitative estimate of drug-likeness (QED) is 0.772. The summed E-state index contributed by atoms with van der Waals surface area (Å²) in [6.07, 6.45) is 1.95. The SMILES string of the molecule is CC.CC.CSc1ccc(C(=O)O)cc1. The van der Waals surface area contributed by atoms with Gasteiger partial charge in [-0.15, -0.1) is 11.8 Å². The Labute approximate surface area is 96.7 Å². The lowest BCUT2D eigenvalue weighted by Crippen LogP contribution is -1.94. The van der Waals surface area contributed by atoms with Crippen LogP contribution >= 0.6 is 11.8 Å². The third kappa shape index (κ3) is 7.03. The molecular formula is C12H20O2S. The van der Waals surface area contributed by atoms with Crippen LogP contribution in [-0.4, -0.2) is 17.3 Å². The number of rotatable bonds is 2. The molecule has 0 radical (unpaired) electrons. The summed E-state index contributed by atoms with van der Waals surface area (Å²) in [6.45, 7) is 8.00. The normalized spacial score (nSPS) is 7.80. The smallest absolute Gasteiger partial charge is 0.335 e. The third-order valence-electron chi connectivity index (χ3n) is 1.34. The highest BCUT2D eigenvalue weighted by Gasteiger charge is 1.99. The van der Waals surface area contributed by atoms with Crippen molar-refractivity contribution >= 4 is 17.7 Å². The van der Waals surface area contributed by atoms with Crippen LogP contribution in [-0.2, 0) is 0 Å². The Morgan fingerprint density at radius 1 is 1.07 bits per heavy atom. The van der Waals surface area contributed by atoms with Gasteiger partial charge in [0, 0.05) is 4.90 Å². The van der Waals surface area contributed by atoms with E-state index in [2.05, 4.69) is 0 Å². The molecule has 0 aromatic heterocycles. The number of carbonyl (C=O) groups is 1. The molecule has 0 spiro atoms. The van der Waals surface area contributed by atoms with Gasteiger partial charge in [0.1, 0.15) is 0 Å². The number of carboxylic acid groups (broad SMARTS) is 1. The Bertz CT molecular complexity index is 255. The number of aromatic carboxylic acids is 1. The Morgan fingerprint density at radius 2 is 1.47 bits per heavy atom. The standard InChI is InChI=1S/C8H8O2S.2C2H6/c1-11-7-4-2-6(3-5-7)8(9)10;2*1-2/h2-5H,1H3,(H,9,10);2*1-2H3. The van der Waals surface area contributed by atoms with Gasteiger partial charge in [0.15, 0.2) is 0 Å². The molecule has 0 aliphatic heterocycles. The van der Waals surface area contributed by atoms with E-state index in [0.29, 0.717) is 5.56 Å². The minimum absolute atomic E-state index is 0.336. The zero-order chi connectivity index (χ0) is 12.3. The summed E-state index contributed by atoms with van der Waals surface area (Å²) < 4.78 is 0. The van der Waals surface area contributed by atoms with Gasteiger partial charge < -0.3 is 5.11 Å². The summed E-state index contributed by atoms with van der Waals surface area (Å²) in [5.41, 5.74) is 0.336. The molecule has 0 saturated carbocycles. The summed E-state index contributed by atoms with van der Waals surface area (Å²) in [5, 5.41) is 8.54. The van der Waals surface area contributed by atoms with Gasteiger partial charge in [-0.05, 0) is 30.5 Å². The van der Waals surface area contributed by atoms with E-state index >= 15 is 0 Å². The molecule has 0 aliphatic carbocycles. The van der Waals surface area contributed by atoms with Crippen LogP contribution in [0.5, 0.6) is 0 Å². The van der Waals surface area contributed by atoms with Gasteiger partial charge >= 0.3 is 5.97 Å². The minimum atomic E-state index is -0.877. The molecule has 3 heteroatoms. The zero-order valence-electron chi connectivity index (χ0n) is 10.1. The van der Waals surface area contributed by atoms with Crippen LogP contribution in [0, 0.1) is 0 Å². The van der Waals surface area contributed by atoms with Gasteiger partial charge in [-0.3, -0.25) is 0 Å². The Hall–Kier alpha value is -0.960. The molecule has 0 amide bonds. The number of hydrogen-bond acceptors (Lipinski definition) is 2. The summed E-state index contributed by atoms with van der Waals surface area (Å²) in [7, 11) is 0. The summed E-state index contributed by atoms with van der Waals surface area (Å²) >= 11 is 1.60. The van der Waals surface area contributed by atoms with Crippen molar-refractivity contribution in [3.8, 4) is 0 Å². The van der Waals surface area contributed by atoms with Gasteiger partial charge in [0.05, 0.1) is 5.56 Å². The van der Waals surface area contributed by atoms with Crippen LogP contribution in [0.2, 0.25) is 0 Å². The van der Waals surface area contributed by atoms with Crippen LogP contribution in [0.25, 0.3) is 0 Å². The van der Waals surface area contributed by atoms with E-state index in [1.165, 1.54) is 0 Å². The van der Waals surface area contributed by atoms with Gasteiger partial charge in [-0.2, -0.15) is 0 Å². The summed E-state index contributed by atoms with van der Waals surface area (Å²) in [6, 6.07) is 6.81. The molecule has 1 rings (SSSR count). The van der Waals surface area contributed by atoms with E-state index in [1.54, 1.807) is 36.0 Å². The Morgan fingerprint density at radius 3 is 1.73 bits per heavy atom. The number of hydrogen-bond donors (Lipinski definition) is 1. The maximum atomic E-state index is 10.4. The van der Waals surface area contributed by atoms with Crippen LogP contribution in [0.3, 0.4) is 0 Å². The molecule has 0 bridgehead atoms. The van der Waals surface area contributed by atoms with Gasteiger partial charge in [0.2, 0.25) is 0 Å². The maximum absolute atomic E-state index is 10.4. The van der Waals surface area contributed by atoms with Crippen molar-refractivity contribution in [2.75, 3.05) is 6.26 Å². The minimum Gasteiger partial charge on any atom is -0.478 e. The van der Waals surface area contributed by atoms with Crippen LogP contribution in [0.1, 0.15) is 38.1 Å². The molecule has 0 atom stereocenters. The highest BCUT2D eigenvalue weighted by Crippen LogP contribution is 2.14. The van der Waals surface area contributed by atoms with Crippen molar-refractivity contribution < 1.29 is 9.90 Å². The first kappa shape index (κ1) is 16.5. The van der Waals surface area contributed by atoms with E-state index in [-0.39, 0.29) is 0 Å². The fourth-order valence-electron chi connectivity index (χ4n) is 0.734. The second-order valence-electron chi connectivity index (χ2n) is 2.03. The molecule has 1 aromatic rings. The second-order valence-corrected chi connectivity index (χ2v) is 2.91. The van der Waals surface area contributed by atoms with Crippen molar-refractivity contribution in [3.63, 3.8) is 0 Å². The highest BCUT2D eigenvalue weighted by atomic mass is 32.2. The van der Waals surface area contributed by atoms with E-state index < -0.39 is 5.97 Å². The summed E-state index contributed by atoms with van der Waals surface area (Å²) in [5.74, 6) is -0.877. The number of thioether (sulfide) groups is 1. The lowest BCUT2D eigenvalue weighted by Gasteiger charge is -1.95. The monoisotopic (exact) mass is 228 g/mol. The third-order valence-corrected chi connectivity index (χ3v) is 2.08. The van der Waals surface area contributed by atoms with E-state index in [0.717, 1.165) is 4.90 Å². The fraction of sp³-hybridized carbons (Fsp3) is 0.417. The number of carboxylic acids is 1. The second kappa shape index (κ2) is 11.1. The first-order valence-corrected chi connectivity index (χ1v) is 6.34. The molecule has 0 saturated heterocycles. The van der Waals surface area contributed by atoms with Crippen molar-refractivity contribution in [2.45, 2.75) is 32.6 Å². The average Bonchev–Trinajstić information content (AvgIpc) is 2.34. The molecule has 0 aliphatic rings. The van der Waals surface area contributed by atoms with Gasteiger partial charge in [-0.1, -0.05) is 27.7 Å². The molecule has 1 N–H and O–H groups in total. The van der Waals surface area contributed by atoms with E-state index in [4.69, 9.17) is 5.11 Å². The van der Waals surface area contributed by atoms with Crippen molar-refractivity contribution in [2.24, 2.45) is 0 Å². The largest absolute Gasteiger partial charge is 0.478 e. The number of benzene rings is 1. The molecule has 15 heavy (non-hydrogen) atoms. The molecule has 0 unspecified atom stereocenters. The lowest BCUT2D eigenvalue weighted by molar-refractivity contribution is 0.0697. The van der Waals surface area contributed by atoms with Crippen molar-refractivity contribution in [3.05, 3.63) is 29.8 Å².